The molecule has 1 N–H and O–H groups in total. The highest BCUT2D eigenvalue weighted by Crippen LogP contribution is 2.26. The van der Waals surface area contributed by atoms with Gasteiger partial charge < -0.3 is 29.4 Å². The number of piperazine rings is 1. The van der Waals surface area contributed by atoms with E-state index in [1.54, 1.807) is 12.3 Å². The third kappa shape index (κ3) is 3.83. The van der Waals surface area contributed by atoms with E-state index in [0.29, 0.717) is 37.5 Å². The Morgan fingerprint density at radius 1 is 1.03 bits per heavy atom. The lowest BCUT2D eigenvalue weighted by molar-refractivity contribution is -0.320. The number of fused-ring (bicyclic) bond motifs is 1. The lowest BCUT2D eigenvalue weighted by atomic mass is 10.1. The molecule has 0 unspecified atom stereocenters. The van der Waals surface area contributed by atoms with Crippen LogP contribution in [0, 0.1) is 0 Å². The molecule has 0 saturated carbocycles. The molecule has 1 amide bonds. The van der Waals surface area contributed by atoms with Crippen LogP contribution in [0.4, 0.5) is 5.69 Å². The Bertz CT molecular complexity index is 1080. The third-order valence-corrected chi connectivity index (χ3v) is 5.43. The fourth-order valence-electron chi connectivity index (χ4n) is 3.67. The second kappa shape index (κ2) is 7.74. The minimum Gasteiger partial charge on any atom is -0.546 e. The quantitative estimate of drug-likeness (QED) is 0.701. The van der Waals surface area contributed by atoms with Gasteiger partial charge in [-0.05, 0) is 32.0 Å². The summed E-state index contributed by atoms with van der Waals surface area (Å²) in [6.07, 6.45) is 1.78. The summed E-state index contributed by atoms with van der Waals surface area (Å²) in [4.78, 5) is 31.4. The fraction of sp³-hybridized carbons (Fsp3) is 0.304. The highest BCUT2D eigenvalue weighted by Gasteiger charge is 2.25. The molecule has 2 heterocycles. The van der Waals surface area contributed by atoms with Crippen LogP contribution in [0.1, 0.15) is 24.2 Å². The number of hydrogen-bond donors (Lipinski definition) is 1. The number of carbonyl (C=O) groups excluding carboxylic acids is 2. The van der Waals surface area contributed by atoms with Crippen LogP contribution in [-0.2, 0) is 4.79 Å². The number of carboxylic acid groups (broad SMARTS) is 1. The molecule has 1 saturated heterocycles. The Labute approximate surface area is 174 Å². The first-order chi connectivity index (χ1) is 14.3. The van der Waals surface area contributed by atoms with Gasteiger partial charge in [0.05, 0.1) is 11.5 Å². The van der Waals surface area contributed by atoms with Crippen LogP contribution in [0.5, 0.6) is 5.75 Å². The zero-order valence-electron chi connectivity index (χ0n) is 17.1. The van der Waals surface area contributed by atoms with Crippen molar-refractivity contribution in [2.75, 3.05) is 31.1 Å². The largest absolute Gasteiger partial charge is 0.546 e. The molecular weight excluding hydrogens is 382 g/mol. The number of hydrogen-bond acceptors (Lipinski definition) is 5. The van der Waals surface area contributed by atoms with Crippen LogP contribution in [-0.4, -0.2) is 53.5 Å². The van der Waals surface area contributed by atoms with Gasteiger partial charge in [-0.2, -0.15) is 0 Å². The summed E-state index contributed by atoms with van der Waals surface area (Å²) in [7, 11) is 0. The maximum absolute atomic E-state index is 13.0. The molecule has 4 rings (SSSR count). The number of aromatic nitrogens is 1. The molecule has 0 spiro atoms. The molecule has 30 heavy (non-hydrogen) atoms. The molecule has 2 aromatic carbocycles. The zero-order chi connectivity index (χ0) is 21.3. The average Bonchev–Trinajstić information content (AvgIpc) is 3.17. The SMILES string of the molecule is CC(C)(Oc1cccc(N2CCN(C(=O)c3c[nH]c4ccccc34)CC2)c1)C(=O)[O-]. The van der Waals surface area contributed by atoms with Crippen LogP contribution in [0.15, 0.2) is 54.7 Å². The summed E-state index contributed by atoms with van der Waals surface area (Å²) in [6.45, 7) is 5.50. The van der Waals surface area contributed by atoms with Crippen LogP contribution in [0.25, 0.3) is 10.9 Å². The van der Waals surface area contributed by atoms with Crippen LogP contribution < -0.4 is 14.7 Å². The molecular formula is C23H24N3O4-. The van der Waals surface area contributed by atoms with Gasteiger partial charge in [0.25, 0.3) is 5.91 Å². The fourth-order valence-corrected chi connectivity index (χ4v) is 3.67. The molecule has 3 aromatic rings. The number of H-pyrrole nitrogens is 1. The van der Waals surface area contributed by atoms with Gasteiger partial charge in [0.15, 0.2) is 0 Å². The van der Waals surface area contributed by atoms with Crippen molar-refractivity contribution in [1.82, 2.24) is 9.88 Å². The van der Waals surface area contributed by atoms with Gasteiger partial charge in [-0.25, -0.2) is 0 Å². The molecule has 0 aliphatic carbocycles. The molecule has 0 atom stereocenters. The van der Waals surface area contributed by atoms with Gasteiger partial charge in [0.1, 0.15) is 11.4 Å². The molecule has 1 fully saturated rings. The molecule has 156 valence electrons. The number of ether oxygens (including phenoxy) is 1. The number of anilines is 1. The summed E-state index contributed by atoms with van der Waals surface area (Å²) in [5.41, 5.74) is 1.17. The van der Waals surface area contributed by atoms with E-state index in [0.717, 1.165) is 16.6 Å². The first-order valence-corrected chi connectivity index (χ1v) is 9.96. The number of aliphatic carboxylic acids is 1. The summed E-state index contributed by atoms with van der Waals surface area (Å²) < 4.78 is 5.59. The number of benzene rings is 2. The van der Waals surface area contributed by atoms with Crippen molar-refractivity contribution in [2.24, 2.45) is 0 Å². The summed E-state index contributed by atoms with van der Waals surface area (Å²) in [6, 6.07) is 15.1. The van der Waals surface area contributed by atoms with Crippen molar-refractivity contribution in [3.8, 4) is 5.75 Å². The third-order valence-electron chi connectivity index (χ3n) is 5.43. The average molecular weight is 406 g/mol. The second-order valence-corrected chi connectivity index (χ2v) is 7.92. The number of amides is 1. The Morgan fingerprint density at radius 2 is 1.77 bits per heavy atom. The number of rotatable bonds is 5. The molecule has 1 aliphatic heterocycles. The van der Waals surface area contributed by atoms with Crippen molar-refractivity contribution in [1.29, 1.82) is 0 Å². The van der Waals surface area contributed by atoms with E-state index >= 15 is 0 Å². The minimum atomic E-state index is -1.41. The lowest BCUT2D eigenvalue weighted by Crippen LogP contribution is -2.49. The molecule has 7 nitrogen and oxygen atoms in total. The van der Waals surface area contributed by atoms with Crippen LogP contribution in [0.2, 0.25) is 0 Å². The predicted octanol–water partition coefficient (Wildman–Crippen LogP) is 2.04. The Balaban J connectivity index is 1.43. The maximum atomic E-state index is 13.0. The number of para-hydroxylation sites is 1. The number of carbonyl (C=O) groups is 2. The first-order valence-electron chi connectivity index (χ1n) is 9.96. The van der Waals surface area contributed by atoms with Gasteiger partial charge in [-0.15, -0.1) is 0 Å². The number of carboxylic acids is 1. The van der Waals surface area contributed by atoms with Gasteiger partial charge in [-0.3, -0.25) is 4.79 Å². The normalized spacial score (nSPS) is 14.7. The van der Waals surface area contributed by atoms with E-state index in [2.05, 4.69) is 9.88 Å². The molecule has 0 radical (unpaired) electrons. The maximum Gasteiger partial charge on any atom is 0.256 e. The van der Waals surface area contributed by atoms with E-state index in [1.807, 2.05) is 47.4 Å². The monoisotopic (exact) mass is 406 g/mol. The summed E-state index contributed by atoms with van der Waals surface area (Å²) >= 11 is 0. The van der Waals surface area contributed by atoms with E-state index < -0.39 is 11.6 Å². The second-order valence-electron chi connectivity index (χ2n) is 7.92. The summed E-state index contributed by atoms with van der Waals surface area (Å²) in [5.74, 6) is -0.767. The highest BCUT2D eigenvalue weighted by molar-refractivity contribution is 6.06. The van der Waals surface area contributed by atoms with Crippen LogP contribution in [0.3, 0.4) is 0 Å². The molecule has 1 aromatic heterocycles. The smallest absolute Gasteiger partial charge is 0.256 e. The van der Waals surface area contributed by atoms with Crippen LogP contribution >= 0.6 is 0 Å². The predicted molar refractivity (Wildman–Crippen MR) is 113 cm³/mol. The molecule has 1 aliphatic rings. The van der Waals surface area contributed by atoms with Crippen molar-refractivity contribution in [3.05, 3.63) is 60.3 Å². The molecule has 7 heteroatoms. The van der Waals surface area contributed by atoms with Gasteiger partial charge in [0, 0.05) is 55.0 Å². The summed E-state index contributed by atoms with van der Waals surface area (Å²) in [5, 5.41) is 12.1. The topological polar surface area (TPSA) is 88.7 Å². The first kappa shape index (κ1) is 19.8. The van der Waals surface area contributed by atoms with E-state index in [9.17, 15) is 14.7 Å². The number of nitrogens with one attached hydrogen (secondary N) is 1. The standard InChI is InChI=1S/C23H25N3O4/c1-23(2,22(28)29)30-17-7-5-6-16(14-17)25-10-12-26(13-11-25)21(27)19-15-24-20-9-4-3-8-18(19)20/h3-9,14-15,24H,10-13H2,1-2H3,(H,28,29)/p-1. The van der Waals surface area contributed by atoms with Gasteiger partial charge >= 0.3 is 0 Å². The number of aromatic amines is 1. The van der Waals surface area contributed by atoms with Gasteiger partial charge in [-0.1, -0.05) is 24.3 Å². The highest BCUT2D eigenvalue weighted by atomic mass is 16.5. The van der Waals surface area contributed by atoms with Crippen molar-refractivity contribution in [3.63, 3.8) is 0 Å². The Morgan fingerprint density at radius 3 is 2.50 bits per heavy atom. The van der Waals surface area contributed by atoms with Crippen molar-refractivity contribution >= 4 is 28.5 Å². The number of nitrogens with zero attached hydrogens (tertiary/aromatic N) is 2. The zero-order valence-corrected chi connectivity index (χ0v) is 17.1. The lowest BCUT2D eigenvalue weighted by Gasteiger charge is -2.36. The minimum absolute atomic E-state index is 0.0277. The van der Waals surface area contributed by atoms with E-state index in [4.69, 9.17) is 4.74 Å². The van der Waals surface area contributed by atoms with Gasteiger partial charge in [0.2, 0.25) is 0 Å². The van der Waals surface area contributed by atoms with E-state index in [1.165, 1.54) is 13.8 Å². The Hall–Kier alpha value is -3.48. The Kier molecular flexibility index (Phi) is 5.11. The van der Waals surface area contributed by atoms with E-state index in [-0.39, 0.29) is 5.91 Å². The van der Waals surface area contributed by atoms with Crippen molar-refractivity contribution in [2.45, 2.75) is 19.4 Å². The molecule has 0 bridgehead atoms. The van der Waals surface area contributed by atoms with Crippen molar-refractivity contribution < 1.29 is 19.4 Å².